The summed E-state index contributed by atoms with van der Waals surface area (Å²) in [4.78, 5) is 28.9. The molecular formula is C21H21N3O3S. The molecule has 0 aliphatic carbocycles. The molecular weight excluding hydrogens is 374 g/mol. The van der Waals surface area contributed by atoms with Crippen molar-refractivity contribution in [1.29, 1.82) is 0 Å². The largest absolute Gasteiger partial charge is 0.489 e. The number of thiophene rings is 1. The summed E-state index contributed by atoms with van der Waals surface area (Å²) >= 11 is 1.51. The van der Waals surface area contributed by atoms with E-state index in [9.17, 15) is 9.59 Å². The molecule has 6 nitrogen and oxygen atoms in total. The van der Waals surface area contributed by atoms with E-state index in [0.29, 0.717) is 18.0 Å². The number of amides is 2. The SMILES string of the molecule is CC(=O)NC(CC(=O)Nc1cccc(OCc2cccnc2)c1)c1cccs1. The lowest BCUT2D eigenvalue weighted by atomic mass is 10.1. The quantitative estimate of drug-likeness (QED) is 0.606. The maximum absolute atomic E-state index is 12.5. The van der Waals surface area contributed by atoms with E-state index in [1.807, 2.05) is 41.8 Å². The summed E-state index contributed by atoms with van der Waals surface area (Å²) in [5, 5.41) is 7.62. The van der Waals surface area contributed by atoms with E-state index in [-0.39, 0.29) is 24.3 Å². The molecule has 0 saturated heterocycles. The first-order chi connectivity index (χ1) is 13.6. The Kier molecular flexibility index (Phi) is 6.75. The first-order valence-electron chi connectivity index (χ1n) is 8.82. The van der Waals surface area contributed by atoms with Gasteiger partial charge in [-0.15, -0.1) is 11.3 Å². The Morgan fingerprint density at radius 1 is 1.18 bits per heavy atom. The highest BCUT2D eigenvalue weighted by atomic mass is 32.1. The fraction of sp³-hybridized carbons (Fsp3) is 0.190. The molecule has 3 rings (SSSR count). The van der Waals surface area contributed by atoms with Gasteiger partial charge in [-0.3, -0.25) is 14.6 Å². The Bertz CT molecular complexity index is 914. The number of carbonyl (C=O) groups is 2. The molecule has 1 aromatic carbocycles. The molecule has 1 unspecified atom stereocenters. The molecule has 0 fully saturated rings. The van der Waals surface area contributed by atoms with Crippen LogP contribution in [-0.2, 0) is 16.2 Å². The summed E-state index contributed by atoms with van der Waals surface area (Å²) in [5.74, 6) is 0.298. The topological polar surface area (TPSA) is 80.3 Å². The van der Waals surface area contributed by atoms with Gasteiger partial charge in [-0.25, -0.2) is 0 Å². The Hall–Kier alpha value is -3.19. The minimum Gasteiger partial charge on any atom is -0.489 e. The fourth-order valence-electron chi connectivity index (χ4n) is 2.67. The maximum Gasteiger partial charge on any atom is 0.226 e. The molecule has 0 spiro atoms. The molecule has 28 heavy (non-hydrogen) atoms. The summed E-state index contributed by atoms with van der Waals surface area (Å²) in [6.45, 7) is 1.84. The number of rotatable bonds is 8. The van der Waals surface area contributed by atoms with E-state index in [0.717, 1.165) is 10.4 Å². The molecule has 7 heteroatoms. The van der Waals surface area contributed by atoms with E-state index in [2.05, 4.69) is 15.6 Å². The van der Waals surface area contributed by atoms with Gasteiger partial charge in [-0.2, -0.15) is 0 Å². The third-order valence-electron chi connectivity index (χ3n) is 3.90. The van der Waals surface area contributed by atoms with Crippen LogP contribution in [0.4, 0.5) is 5.69 Å². The van der Waals surface area contributed by atoms with Gasteiger partial charge in [0.1, 0.15) is 12.4 Å². The van der Waals surface area contributed by atoms with Crippen LogP contribution in [0.1, 0.15) is 29.8 Å². The van der Waals surface area contributed by atoms with E-state index in [1.54, 1.807) is 24.5 Å². The number of carbonyl (C=O) groups excluding carboxylic acids is 2. The zero-order valence-corrected chi connectivity index (χ0v) is 16.2. The minimum absolute atomic E-state index is 0.154. The van der Waals surface area contributed by atoms with Crippen LogP contribution in [0, 0.1) is 0 Å². The van der Waals surface area contributed by atoms with Crippen molar-refractivity contribution >= 4 is 28.8 Å². The molecule has 0 aliphatic rings. The molecule has 2 heterocycles. The summed E-state index contributed by atoms with van der Waals surface area (Å²) in [6, 6.07) is 14.5. The summed E-state index contributed by atoms with van der Waals surface area (Å²) in [5.41, 5.74) is 1.60. The normalized spacial score (nSPS) is 11.5. The molecule has 0 bridgehead atoms. The van der Waals surface area contributed by atoms with Gasteiger partial charge < -0.3 is 15.4 Å². The molecule has 2 amide bonds. The van der Waals surface area contributed by atoms with Crippen LogP contribution >= 0.6 is 11.3 Å². The fourth-order valence-corrected chi connectivity index (χ4v) is 3.45. The highest BCUT2D eigenvalue weighted by Gasteiger charge is 2.18. The molecule has 1 atom stereocenters. The van der Waals surface area contributed by atoms with Crippen LogP contribution in [-0.4, -0.2) is 16.8 Å². The Balaban J connectivity index is 1.59. The van der Waals surface area contributed by atoms with Crippen molar-refractivity contribution in [2.24, 2.45) is 0 Å². The number of pyridine rings is 1. The lowest BCUT2D eigenvalue weighted by Gasteiger charge is -2.16. The van der Waals surface area contributed by atoms with Crippen LogP contribution in [0.15, 0.2) is 66.3 Å². The van der Waals surface area contributed by atoms with Gasteiger partial charge in [0.2, 0.25) is 11.8 Å². The van der Waals surface area contributed by atoms with Crippen molar-refractivity contribution in [3.8, 4) is 5.75 Å². The number of ether oxygens (including phenoxy) is 1. The maximum atomic E-state index is 12.5. The Labute approximate surface area is 167 Å². The van der Waals surface area contributed by atoms with E-state index in [4.69, 9.17) is 4.74 Å². The van der Waals surface area contributed by atoms with Crippen molar-refractivity contribution < 1.29 is 14.3 Å². The number of benzene rings is 1. The average Bonchev–Trinajstić information content (AvgIpc) is 3.21. The third kappa shape index (κ3) is 5.92. The van der Waals surface area contributed by atoms with Crippen LogP contribution < -0.4 is 15.4 Å². The second-order valence-corrected chi connectivity index (χ2v) is 7.18. The highest BCUT2D eigenvalue weighted by molar-refractivity contribution is 7.10. The highest BCUT2D eigenvalue weighted by Crippen LogP contribution is 2.24. The number of hydrogen-bond donors (Lipinski definition) is 2. The van der Waals surface area contributed by atoms with Gasteiger partial charge in [0.25, 0.3) is 0 Å². The van der Waals surface area contributed by atoms with E-state index >= 15 is 0 Å². The summed E-state index contributed by atoms with van der Waals surface area (Å²) < 4.78 is 5.76. The van der Waals surface area contributed by atoms with E-state index in [1.165, 1.54) is 18.3 Å². The lowest BCUT2D eigenvalue weighted by Crippen LogP contribution is -2.29. The Morgan fingerprint density at radius 2 is 2.07 bits per heavy atom. The first kappa shape index (κ1) is 19.6. The van der Waals surface area contributed by atoms with Crippen molar-refractivity contribution in [3.05, 3.63) is 76.7 Å². The average molecular weight is 395 g/mol. The first-order valence-corrected chi connectivity index (χ1v) is 9.70. The number of aromatic nitrogens is 1. The van der Waals surface area contributed by atoms with Crippen molar-refractivity contribution in [1.82, 2.24) is 10.3 Å². The molecule has 2 aromatic heterocycles. The number of nitrogens with zero attached hydrogens (tertiary/aromatic N) is 1. The Morgan fingerprint density at radius 3 is 2.79 bits per heavy atom. The second-order valence-electron chi connectivity index (χ2n) is 6.20. The van der Waals surface area contributed by atoms with Crippen LogP contribution in [0.3, 0.4) is 0 Å². The second kappa shape index (κ2) is 9.66. The number of anilines is 1. The number of hydrogen-bond acceptors (Lipinski definition) is 5. The third-order valence-corrected chi connectivity index (χ3v) is 4.89. The van der Waals surface area contributed by atoms with Gasteiger partial charge in [0, 0.05) is 41.5 Å². The van der Waals surface area contributed by atoms with E-state index < -0.39 is 0 Å². The van der Waals surface area contributed by atoms with Crippen molar-refractivity contribution in [3.63, 3.8) is 0 Å². The predicted molar refractivity (Wildman–Crippen MR) is 109 cm³/mol. The van der Waals surface area contributed by atoms with Crippen molar-refractivity contribution in [2.45, 2.75) is 26.0 Å². The zero-order chi connectivity index (χ0) is 19.8. The van der Waals surface area contributed by atoms with Crippen molar-refractivity contribution in [2.75, 3.05) is 5.32 Å². The molecule has 0 radical (unpaired) electrons. The molecule has 3 aromatic rings. The predicted octanol–water partition coefficient (Wildman–Crippen LogP) is 3.93. The van der Waals surface area contributed by atoms with Crippen LogP contribution in [0.2, 0.25) is 0 Å². The lowest BCUT2D eigenvalue weighted by molar-refractivity contribution is -0.120. The molecule has 144 valence electrons. The van der Waals surface area contributed by atoms with Gasteiger partial charge in [0.15, 0.2) is 0 Å². The van der Waals surface area contributed by atoms with Gasteiger partial charge in [-0.05, 0) is 29.6 Å². The minimum atomic E-state index is -0.345. The molecule has 0 saturated carbocycles. The standard InChI is InChI=1S/C21H21N3O3S/c1-15(25)23-19(20-8-4-10-28-20)12-21(26)24-17-6-2-7-18(11-17)27-14-16-5-3-9-22-13-16/h2-11,13,19H,12,14H2,1H3,(H,23,25)(H,24,26). The van der Waals surface area contributed by atoms with Gasteiger partial charge in [-0.1, -0.05) is 18.2 Å². The molecule has 2 N–H and O–H groups in total. The van der Waals surface area contributed by atoms with Gasteiger partial charge in [0.05, 0.1) is 12.5 Å². The van der Waals surface area contributed by atoms with Crippen LogP contribution in [0.25, 0.3) is 0 Å². The van der Waals surface area contributed by atoms with Crippen LogP contribution in [0.5, 0.6) is 5.75 Å². The van der Waals surface area contributed by atoms with Gasteiger partial charge >= 0.3 is 0 Å². The number of nitrogens with one attached hydrogen (secondary N) is 2. The summed E-state index contributed by atoms with van der Waals surface area (Å²) in [6.07, 6.45) is 3.61. The smallest absolute Gasteiger partial charge is 0.226 e. The monoisotopic (exact) mass is 395 g/mol. The zero-order valence-electron chi connectivity index (χ0n) is 15.4. The molecule has 0 aliphatic heterocycles. The summed E-state index contributed by atoms with van der Waals surface area (Å²) in [7, 11) is 0.